The molecule has 1 amide bonds. The van der Waals surface area contributed by atoms with E-state index in [4.69, 9.17) is 5.11 Å². The van der Waals surface area contributed by atoms with Crippen LogP contribution in [-0.2, 0) is 11.2 Å². The lowest BCUT2D eigenvalue weighted by atomic mass is 10.0. The number of aliphatic hydroxyl groups excluding tert-OH is 1. The summed E-state index contributed by atoms with van der Waals surface area (Å²) in [5, 5.41) is 12.0. The van der Waals surface area contributed by atoms with Gasteiger partial charge in [-0.05, 0) is 24.5 Å². The molecule has 1 aliphatic carbocycles. The van der Waals surface area contributed by atoms with Gasteiger partial charge in [0.15, 0.2) is 0 Å². The van der Waals surface area contributed by atoms with Crippen LogP contribution < -0.4 is 5.32 Å². The summed E-state index contributed by atoms with van der Waals surface area (Å²) in [4.78, 5) is 11.8. The highest BCUT2D eigenvalue weighted by Gasteiger charge is 2.27. The van der Waals surface area contributed by atoms with Crippen LogP contribution in [0.1, 0.15) is 24.8 Å². The van der Waals surface area contributed by atoms with Gasteiger partial charge in [0.1, 0.15) is 11.6 Å². The van der Waals surface area contributed by atoms with Gasteiger partial charge in [-0.3, -0.25) is 4.79 Å². The molecule has 0 spiro atoms. The van der Waals surface area contributed by atoms with Gasteiger partial charge in [-0.2, -0.15) is 0 Å². The van der Waals surface area contributed by atoms with Gasteiger partial charge in [-0.25, -0.2) is 8.78 Å². The molecule has 2 atom stereocenters. The summed E-state index contributed by atoms with van der Waals surface area (Å²) in [6.07, 6.45) is 2.59. The van der Waals surface area contributed by atoms with Gasteiger partial charge in [0.2, 0.25) is 5.91 Å². The summed E-state index contributed by atoms with van der Waals surface area (Å²) in [7, 11) is 0. The third kappa shape index (κ3) is 3.50. The second-order valence-corrected chi connectivity index (χ2v) is 4.96. The molecule has 0 bridgehead atoms. The molecular weight excluding hydrogens is 252 g/mol. The van der Waals surface area contributed by atoms with E-state index in [2.05, 4.69) is 5.32 Å². The highest BCUT2D eigenvalue weighted by atomic mass is 19.1. The minimum atomic E-state index is -0.708. The van der Waals surface area contributed by atoms with E-state index in [0.29, 0.717) is 0 Å². The number of hydrogen-bond acceptors (Lipinski definition) is 2. The second kappa shape index (κ2) is 6.10. The van der Waals surface area contributed by atoms with Crippen molar-refractivity contribution in [3.8, 4) is 0 Å². The molecule has 0 saturated heterocycles. The SMILES string of the molecule is O=C(Cc1ccc(F)cc1F)NC1CCCC1CO. The predicted molar refractivity (Wildman–Crippen MR) is 66.4 cm³/mol. The zero-order valence-electron chi connectivity index (χ0n) is 10.5. The topological polar surface area (TPSA) is 49.3 Å². The van der Waals surface area contributed by atoms with Crippen molar-refractivity contribution in [2.75, 3.05) is 6.61 Å². The number of aliphatic hydroxyl groups is 1. The van der Waals surface area contributed by atoms with E-state index in [1.807, 2.05) is 0 Å². The minimum absolute atomic E-state index is 0.0407. The van der Waals surface area contributed by atoms with E-state index in [1.54, 1.807) is 0 Å². The Hall–Kier alpha value is -1.49. The van der Waals surface area contributed by atoms with Crippen LogP contribution in [0.5, 0.6) is 0 Å². The monoisotopic (exact) mass is 269 g/mol. The molecule has 0 heterocycles. The Morgan fingerprint density at radius 1 is 1.37 bits per heavy atom. The van der Waals surface area contributed by atoms with Crippen LogP contribution in [0.2, 0.25) is 0 Å². The number of nitrogens with one attached hydrogen (secondary N) is 1. The Morgan fingerprint density at radius 3 is 2.84 bits per heavy atom. The molecule has 2 rings (SSSR count). The Labute approximate surface area is 110 Å². The van der Waals surface area contributed by atoms with E-state index < -0.39 is 11.6 Å². The van der Waals surface area contributed by atoms with Crippen LogP contribution in [0.4, 0.5) is 8.78 Å². The maximum atomic E-state index is 13.4. The molecule has 3 nitrogen and oxygen atoms in total. The zero-order valence-corrected chi connectivity index (χ0v) is 10.5. The first-order valence-electron chi connectivity index (χ1n) is 6.44. The summed E-state index contributed by atoms with van der Waals surface area (Å²) in [6.45, 7) is 0.0514. The van der Waals surface area contributed by atoms with Gasteiger partial charge in [0.05, 0.1) is 6.42 Å². The zero-order chi connectivity index (χ0) is 13.8. The van der Waals surface area contributed by atoms with E-state index in [9.17, 15) is 13.6 Å². The summed E-state index contributed by atoms with van der Waals surface area (Å²) in [6, 6.07) is 3.15. The van der Waals surface area contributed by atoms with Crippen LogP contribution in [0.3, 0.4) is 0 Å². The highest BCUT2D eigenvalue weighted by Crippen LogP contribution is 2.25. The molecular formula is C14H17F2NO2. The fourth-order valence-corrected chi connectivity index (χ4v) is 2.54. The van der Waals surface area contributed by atoms with Gasteiger partial charge in [-0.15, -0.1) is 0 Å². The number of halogens is 2. The van der Waals surface area contributed by atoms with Crippen molar-refractivity contribution in [1.82, 2.24) is 5.32 Å². The molecule has 1 saturated carbocycles. The number of amides is 1. The van der Waals surface area contributed by atoms with Gasteiger partial charge in [0, 0.05) is 24.6 Å². The number of carbonyl (C=O) groups is 1. The molecule has 1 aromatic rings. The van der Waals surface area contributed by atoms with Crippen LogP contribution in [0.25, 0.3) is 0 Å². The van der Waals surface area contributed by atoms with E-state index in [1.165, 1.54) is 6.07 Å². The lowest BCUT2D eigenvalue weighted by molar-refractivity contribution is -0.121. The van der Waals surface area contributed by atoms with Crippen molar-refractivity contribution >= 4 is 5.91 Å². The Bertz CT molecular complexity index is 465. The average molecular weight is 269 g/mol. The normalized spacial score (nSPS) is 22.5. The quantitative estimate of drug-likeness (QED) is 0.875. The van der Waals surface area contributed by atoms with Crippen LogP contribution in [0.15, 0.2) is 18.2 Å². The first-order valence-corrected chi connectivity index (χ1v) is 6.44. The van der Waals surface area contributed by atoms with Gasteiger partial charge in [0.25, 0.3) is 0 Å². The van der Waals surface area contributed by atoms with Gasteiger partial charge < -0.3 is 10.4 Å². The van der Waals surface area contributed by atoms with E-state index in [0.717, 1.165) is 31.4 Å². The molecule has 5 heteroatoms. The number of hydrogen-bond donors (Lipinski definition) is 2. The number of rotatable bonds is 4. The minimum Gasteiger partial charge on any atom is -0.396 e. The predicted octanol–water partition coefficient (Wildman–Crippen LogP) is 1.78. The standard InChI is InChI=1S/C14H17F2NO2/c15-11-5-4-9(12(16)7-11)6-14(19)17-13-3-1-2-10(13)8-18/h4-5,7,10,13,18H,1-3,6,8H2,(H,17,19). The van der Waals surface area contributed by atoms with Crippen LogP contribution in [0, 0.1) is 17.6 Å². The molecule has 2 N–H and O–H groups in total. The fourth-order valence-electron chi connectivity index (χ4n) is 2.54. The molecule has 1 aliphatic rings. The molecule has 1 fully saturated rings. The lowest BCUT2D eigenvalue weighted by Gasteiger charge is -2.19. The van der Waals surface area contributed by atoms with Crippen molar-refractivity contribution < 1.29 is 18.7 Å². The Morgan fingerprint density at radius 2 is 2.16 bits per heavy atom. The summed E-state index contributed by atoms with van der Waals surface area (Å²) >= 11 is 0. The first kappa shape index (κ1) is 13.9. The number of carbonyl (C=O) groups excluding carboxylic acids is 1. The molecule has 0 aliphatic heterocycles. The third-order valence-electron chi connectivity index (χ3n) is 3.61. The highest BCUT2D eigenvalue weighted by molar-refractivity contribution is 5.79. The third-order valence-corrected chi connectivity index (χ3v) is 3.61. The smallest absolute Gasteiger partial charge is 0.224 e. The van der Waals surface area contributed by atoms with E-state index >= 15 is 0 Å². The maximum Gasteiger partial charge on any atom is 0.224 e. The molecule has 1 aromatic carbocycles. The van der Waals surface area contributed by atoms with E-state index in [-0.39, 0.29) is 36.5 Å². The summed E-state index contributed by atoms with van der Waals surface area (Å²) in [5.74, 6) is -1.57. The maximum absolute atomic E-state index is 13.4. The second-order valence-electron chi connectivity index (χ2n) is 4.96. The van der Waals surface area contributed by atoms with Crippen molar-refractivity contribution in [2.45, 2.75) is 31.7 Å². The van der Waals surface area contributed by atoms with Crippen molar-refractivity contribution in [1.29, 1.82) is 0 Å². The summed E-state index contributed by atoms with van der Waals surface area (Å²) < 4.78 is 26.1. The average Bonchev–Trinajstić information content (AvgIpc) is 2.80. The molecule has 0 radical (unpaired) electrons. The van der Waals surface area contributed by atoms with Crippen molar-refractivity contribution in [2.24, 2.45) is 5.92 Å². The van der Waals surface area contributed by atoms with Gasteiger partial charge >= 0.3 is 0 Å². The number of benzene rings is 1. The van der Waals surface area contributed by atoms with Gasteiger partial charge in [-0.1, -0.05) is 12.5 Å². The molecule has 19 heavy (non-hydrogen) atoms. The Balaban J connectivity index is 1.94. The van der Waals surface area contributed by atoms with Crippen LogP contribution >= 0.6 is 0 Å². The Kier molecular flexibility index (Phi) is 4.47. The largest absolute Gasteiger partial charge is 0.396 e. The summed E-state index contributed by atoms with van der Waals surface area (Å²) in [5.41, 5.74) is 0.178. The lowest BCUT2D eigenvalue weighted by Crippen LogP contribution is -2.39. The molecule has 2 unspecified atom stereocenters. The molecule has 104 valence electrons. The fraction of sp³-hybridized carbons (Fsp3) is 0.500. The van der Waals surface area contributed by atoms with Crippen molar-refractivity contribution in [3.63, 3.8) is 0 Å². The molecule has 0 aromatic heterocycles. The van der Waals surface area contributed by atoms with Crippen molar-refractivity contribution in [3.05, 3.63) is 35.4 Å². The first-order chi connectivity index (χ1) is 9.10. The van der Waals surface area contributed by atoms with Crippen LogP contribution in [-0.4, -0.2) is 23.7 Å².